The van der Waals surface area contributed by atoms with Gasteiger partial charge in [0, 0.05) is 17.7 Å². The van der Waals surface area contributed by atoms with Gasteiger partial charge in [-0.25, -0.2) is 0 Å². The number of rotatable bonds is 5. The Morgan fingerprint density at radius 1 is 1.00 bits per heavy atom. The zero-order chi connectivity index (χ0) is 18.6. The van der Waals surface area contributed by atoms with Gasteiger partial charge in [0.1, 0.15) is 12.4 Å². The molecule has 0 saturated carbocycles. The van der Waals surface area contributed by atoms with Gasteiger partial charge in [0.25, 0.3) is 0 Å². The Morgan fingerprint density at radius 3 is 2.52 bits per heavy atom. The molecule has 1 atom stereocenters. The van der Waals surface area contributed by atoms with Crippen LogP contribution < -0.4 is 4.74 Å². The fraction of sp³-hybridized carbons (Fsp3) is 0.174. The van der Waals surface area contributed by atoms with Crippen LogP contribution in [0.3, 0.4) is 0 Å². The highest BCUT2D eigenvalue weighted by atomic mass is 16.5. The van der Waals surface area contributed by atoms with Crippen molar-refractivity contribution >= 4 is 17.2 Å². The summed E-state index contributed by atoms with van der Waals surface area (Å²) in [6, 6.07) is 20.2. The van der Waals surface area contributed by atoms with Crippen LogP contribution in [0.25, 0.3) is 0 Å². The van der Waals surface area contributed by atoms with Crippen LogP contribution in [0.5, 0.6) is 5.75 Å². The molecular weight excluding hydrogens is 336 g/mol. The van der Waals surface area contributed by atoms with Crippen molar-refractivity contribution < 1.29 is 9.53 Å². The van der Waals surface area contributed by atoms with Crippen LogP contribution in [-0.2, 0) is 0 Å². The van der Waals surface area contributed by atoms with Gasteiger partial charge in [-0.2, -0.15) is 0 Å². The van der Waals surface area contributed by atoms with Crippen LogP contribution >= 0.6 is 0 Å². The van der Waals surface area contributed by atoms with Crippen molar-refractivity contribution in [1.29, 1.82) is 0 Å². The Kier molecular flexibility index (Phi) is 4.79. The lowest BCUT2D eigenvalue weighted by Crippen LogP contribution is -2.19. The Balaban J connectivity index is 1.43. The summed E-state index contributed by atoms with van der Waals surface area (Å²) < 4.78 is 5.85. The lowest BCUT2D eigenvalue weighted by Gasteiger charge is -2.16. The predicted molar refractivity (Wildman–Crippen MR) is 106 cm³/mol. The summed E-state index contributed by atoms with van der Waals surface area (Å²) in [7, 11) is 0. The average molecular weight is 356 g/mol. The van der Waals surface area contributed by atoms with E-state index >= 15 is 0 Å². The third-order valence-electron chi connectivity index (χ3n) is 4.83. The summed E-state index contributed by atoms with van der Waals surface area (Å²) in [5, 5.41) is 0. The normalized spacial score (nSPS) is 14.3. The maximum absolute atomic E-state index is 12.2. The SMILES string of the molecule is CC(c1ccccc1)c1ccc(OCC2=Nc3cnccc3C(=O)C2)cc1. The van der Waals surface area contributed by atoms with Gasteiger partial charge < -0.3 is 4.74 Å². The Hall–Kier alpha value is -3.27. The maximum atomic E-state index is 12.2. The molecule has 0 radical (unpaired) electrons. The smallest absolute Gasteiger partial charge is 0.170 e. The number of aliphatic imine (C=N–C) groups is 1. The highest BCUT2D eigenvalue weighted by Gasteiger charge is 2.20. The van der Waals surface area contributed by atoms with Crippen molar-refractivity contribution in [1.82, 2.24) is 4.98 Å². The number of ether oxygens (including phenoxy) is 1. The molecule has 0 bridgehead atoms. The van der Waals surface area contributed by atoms with Crippen molar-refractivity contribution in [3.63, 3.8) is 0 Å². The van der Waals surface area contributed by atoms with Gasteiger partial charge in [-0.1, -0.05) is 49.4 Å². The van der Waals surface area contributed by atoms with Crippen LogP contribution in [0.4, 0.5) is 5.69 Å². The van der Waals surface area contributed by atoms with E-state index in [2.05, 4.69) is 53.3 Å². The van der Waals surface area contributed by atoms with E-state index in [1.54, 1.807) is 18.5 Å². The number of ketones is 1. The van der Waals surface area contributed by atoms with E-state index in [0.717, 1.165) is 11.5 Å². The largest absolute Gasteiger partial charge is 0.488 e. The molecule has 0 aliphatic carbocycles. The summed E-state index contributed by atoms with van der Waals surface area (Å²) >= 11 is 0. The number of nitrogens with zero attached hydrogens (tertiary/aromatic N) is 2. The molecule has 0 N–H and O–H groups in total. The number of carbonyl (C=O) groups is 1. The summed E-state index contributed by atoms with van der Waals surface area (Å²) in [5.41, 5.74) is 4.50. The number of Topliss-reactive ketones (excluding diaryl/α,β-unsaturated/α-hetero) is 1. The van der Waals surface area contributed by atoms with E-state index in [4.69, 9.17) is 4.74 Å². The van der Waals surface area contributed by atoms with Crippen LogP contribution in [-0.4, -0.2) is 23.1 Å². The van der Waals surface area contributed by atoms with Gasteiger partial charge in [0.2, 0.25) is 0 Å². The van der Waals surface area contributed by atoms with E-state index in [1.165, 1.54) is 11.1 Å². The van der Waals surface area contributed by atoms with Crippen molar-refractivity contribution in [2.24, 2.45) is 4.99 Å². The van der Waals surface area contributed by atoms with E-state index in [0.29, 0.717) is 30.2 Å². The first-order valence-corrected chi connectivity index (χ1v) is 9.02. The van der Waals surface area contributed by atoms with Crippen molar-refractivity contribution in [3.05, 3.63) is 89.7 Å². The van der Waals surface area contributed by atoms with Crippen molar-refractivity contribution in [2.45, 2.75) is 19.3 Å². The van der Waals surface area contributed by atoms with E-state index < -0.39 is 0 Å². The fourth-order valence-electron chi connectivity index (χ4n) is 3.24. The molecule has 2 heterocycles. The van der Waals surface area contributed by atoms with Gasteiger partial charge in [-0.3, -0.25) is 14.8 Å². The molecule has 0 saturated heterocycles. The Bertz CT molecular complexity index is 979. The van der Waals surface area contributed by atoms with E-state index in [9.17, 15) is 4.79 Å². The molecule has 2 aromatic carbocycles. The molecule has 0 fully saturated rings. The minimum atomic E-state index is 0.0630. The molecule has 27 heavy (non-hydrogen) atoms. The Morgan fingerprint density at radius 2 is 1.74 bits per heavy atom. The molecule has 4 rings (SSSR count). The molecule has 0 spiro atoms. The minimum Gasteiger partial charge on any atom is -0.488 e. The van der Waals surface area contributed by atoms with Crippen molar-refractivity contribution in [3.8, 4) is 5.75 Å². The topological polar surface area (TPSA) is 51.6 Å². The molecular formula is C23H20N2O2. The van der Waals surface area contributed by atoms with Crippen LogP contribution in [0.15, 0.2) is 78.0 Å². The first-order chi connectivity index (χ1) is 13.2. The summed E-state index contributed by atoms with van der Waals surface area (Å²) in [6.07, 6.45) is 3.53. The molecule has 1 aromatic heterocycles. The molecule has 1 aliphatic heterocycles. The van der Waals surface area contributed by atoms with E-state index in [1.807, 2.05) is 18.2 Å². The molecule has 3 aromatic rings. The molecule has 1 aliphatic rings. The maximum Gasteiger partial charge on any atom is 0.170 e. The summed E-state index contributed by atoms with van der Waals surface area (Å²) in [5.74, 6) is 1.16. The van der Waals surface area contributed by atoms with E-state index in [-0.39, 0.29) is 5.78 Å². The summed E-state index contributed by atoms with van der Waals surface area (Å²) in [4.78, 5) is 20.7. The number of pyridine rings is 1. The molecule has 4 heteroatoms. The predicted octanol–water partition coefficient (Wildman–Crippen LogP) is 4.97. The van der Waals surface area contributed by atoms with Crippen molar-refractivity contribution in [2.75, 3.05) is 6.61 Å². The number of aromatic nitrogens is 1. The third kappa shape index (κ3) is 3.80. The lowest BCUT2D eigenvalue weighted by atomic mass is 9.93. The number of hydrogen-bond acceptors (Lipinski definition) is 4. The standard InChI is InChI=1S/C23H20N2O2/c1-16(17-5-3-2-4-6-17)18-7-9-20(10-8-18)27-15-19-13-23(26)21-11-12-24-14-22(21)25-19/h2-12,14,16H,13,15H2,1H3. The molecule has 4 nitrogen and oxygen atoms in total. The lowest BCUT2D eigenvalue weighted by molar-refractivity contribution is 0.0998. The van der Waals surface area contributed by atoms with Gasteiger partial charge in [0.05, 0.1) is 24.0 Å². The van der Waals surface area contributed by atoms with Crippen LogP contribution in [0.1, 0.15) is 40.7 Å². The molecule has 0 amide bonds. The van der Waals surface area contributed by atoms with Gasteiger partial charge in [-0.15, -0.1) is 0 Å². The third-order valence-corrected chi connectivity index (χ3v) is 4.83. The first kappa shape index (κ1) is 17.2. The second kappa shape index (κ2) is 7.54. The van der Waals surface area contributed by atoms with Gasteiger partial charge >= 0.3 is 0 Å². The van der Waals surface area contributed by atoms with Gasteiger partial charge in [0.15, 0.2) is 5.78 Å². The highest BCUT2D eigenvalue weighted by Crippen LogP contribution is 2.27. The first-order valence-electron chi connectivity index (χ1n) is 9.02. The Labute approximate surface area is 158 Å². The zero-order valence-corrected chi connectivity index (χ0v) is 15.1. The van der Waals surface area contributed by atoms with Crippen LogP contribution in [0, 0.1) is 0 Å². The fourth-order valence-corrected chi connectivity index (χ4v) is 3.24. The van der Waals surface area contributed by atoms with Crippen LogP contribution in [0.2, 0.25) is 0 Å². The minimum absolute atomic E-state index is 0.0630. The number of fused-ring (bicyclic) bond motifs is 1. The number of carbonyl (C=O) groups excluding carboxylic acids is 1. The number of benzene rings is 2. The average Bonchev–Trinajstić information content (AvgIpc) is 2.73. The monoisotopic (exact) mass is 356 g/mol. The second-order valence-corrected chi connectivity index (χ2v) is 6.66. The quantitative estimate of drug-likeness (QED) is 0.648. The molecule has 134 valence electrons. The zero-order valence-electron chi connectivity index (χ0n) is 15.1. The second-order valence-electron chi connectivity index (χ2n) is 6.66. The van der Waals surface area contributed by atoms with Gasteiger partial charge in [-0.05, 0) is 29.3 Å². The highest BCUT2D eigenvalue weighted by molar-refractivity contribution is 6.16. The summed E-state index contributed by atoms with van der Waals surface area (Å²) in [6.45, 7) is 2.49. The number of hydrogen-bond donors (Lipinski definition) is 0. The molecule has 1 unspecified atom stereocenters.